The molecule has 47 heavy (non-hydrogen) atoms. The molecular weight excluding hydrogens is 569 g/mol. The Balaban J connectivity index is 1.05. The molecule has 0 amide bonds. The van der Waals surface area contributed by atoms with Crippen molar-refractivity contribution in [2.75, 3.05) is 9.80 Å². The fourth-order valence-corrected chi connectivity index (χ4v) is 8.35. The van der Waals surface area contributed by atoms with Gasteiger partial charge in [-0.3, -0.25) is 0 Å². The van der Waals surface area contributed by atoms with Crippen molar-refractivity contribution in [1.82, 2.24) is 0 Å². The highest BCUT2D eigenvalue weighted by Crippen LogP contribution is 2.46. The lowest BCUT2D eigenvalue weighted by molar-refractivity contribution is 0.253. The number of nitrogens with zero attached hydrogens (tertiary/aromatic N) is 2. The summed E-state index contributed by atoms with van der Waals surface area (Å²) in [5, 5.41) is 5.19. The first-order chi connectivity index (χ1) is 23.1. The lowest BCUT2D eigenvalue weighted by Crippen LogP contribution is -2.54. The summed E-state index contributed by atoms with van der Waals surface area (Å²) in [5.41, 5.74) is 6.57. The molecule has 0 N–H and O–H groups in total. The van der Waals surface area contributed by atoms with E-state index in [4.69, 9.17) is 0 Å². The smallest absolute Gasteiger partial charge is 0.0468 e. The van der Waals surface area contributed by atoms with Crippen molar-refractivity contribution in [2.45, 2.75) is 69.4 Å². The van der Waals surface area contributed by atoms with Crippen LogP contribution in [0.25, 0.3) is 21.5 Å². The van der Waals surface area contributed by atoms with Crippen LogP contribution in [0.15, 0.2) is 152 Å². The van der Waals surface area contributed by atoms with Gasteiger partial charge in [0.25, 0.3) is 0 Å². The Labute approximate surface area is 280 Å². The number of benzene rings is 6. The average Bonchev–Trinajstić information content (AvgIpc) is 3.13. The van der Waals surface area contributed by atoms with E-state index >= 15 is 0 Å². The van der Waals surface area contributed by atoms with Crippen molar-refractivity contribution >= 4 is 44.3 Å². The minimum Gasteiger partial charge on any atom is -0.363 e. The van der Waals surface area contributed by atoms with Gasteiger partial charge in [-0.25, -0.2) is 0 Å². The van der Waals surface area contributed by atoms with E-state index in [0.717, 1.165) is 6.42 Å². The van der Waals surface area contributed by atoms with Crippen LogP contribution in [-0.2, 0) is 0 Å². The van der Waals surface area contributed by atoms with Crippen molar-refractivity contribution < 1.29 is 0 Å². The number of fused-ring (bicyclic) bond motifs is 2. The van der Waals surface area contributed by atoms with Gasteiger partial charge in [0.15, 0.2) is 0 Å². The van der Waals surface area contributed by atoms with Crippen molar-refractivity contribution in [2.24, 2.45) is 0 Å². The molecule has 0 aliphatic heterocycles. The molecule has 0 heterocycles. The fourth-order valence-electron chi connectivity index (χ4n) is 8.35. The van der Waals surface area contributed by atoms with Crippen LogP contribution in [0.5, 0.6) is 0 Å². The number of hydrogen-bond acceptors (Lipinski definition) is 2. The number of anilines is 4. The second-order valence-corrected chi connectivity index (χ2v) is 13.9. The van der Waals surface area contributed by atoms with E-state index in [1.165, 1.54) is 88.4 Å². The Morgan fingerprint density at radius 3 is 1.70 bits per heavy atom. The average molecular weight is 613 g/mol. The summed E-state index contributed by atoms with van der Waals surface area (Å²) in [7, 11) is 0. The molecule has 8 rings (SSSR count). The minimum atomic E-state index is 0.148. The van der Waals surface area contributed by atoms with Crippen molar-refractivity contribution in [1.29, 1.82) is 0 Å². The van der Waals surface area contributed by atoms with Gasteiger partial charge in [-0.2, -0.15) is 0 Å². The monoisotopic (exact) mass is 612 g/mol. The molecule has 1 unspecified atom stereocenters. The molecule has 6 aromatic carbocycles. The SMILES string of the molecule is CC1(N(c2ccc3ccccc3c2)C2CC=CCC2)CCC(c2ccc(N(c3ccccc3)c3ccc4ccccc4c3)cc2)CC1. The van der Waals surface area contributed by atoms with Crippen LogP contribution in [0.3, 0.4) is 0 Å². The van der Waals surface area contributed by atoms with Crippen LogP contribution < -0.4 is 9.80 Å². The Morgan fingerprint density at radius 2 is 1.06 bits per heavy atom. The Bertz CT molecular complexity index is 2000. The van der Waals surface area contributed by atoms with Gasteiger partial charge in [0.1, 0.15) is 0 Å². The first-order valence-electron chi connectivity index (χ1n) is 17.5. The van der Waals surface area contributed by atoms with Gasteiger partial charge in [0.2, 0.25) is 0 Å². The van der Waals surface area contributed by atoms with Crippen molar-refractivity contribution in [3.8, 4) is 0 Å². The van der Waals surface area contributed by atoms with E-state index in [9.17, 15) is 0 Å². The molecule has 2 aliphatic rings. The molecule has 1 saturated carbocycles. The third-order valence-electron chi connectivity index (χ3n) is 10.9. The highest BCUT2D eigenvalue weighted by Gasteiger charge is 2.40. The summed E-state index contributed by atoms with van der Waals surface area (Å²) in [6.45, 7) is 2.54. The summed E-state index contributed by atoms with van der Waals surface area (Å²) in [6, 6.07) is 52.1. The molecule has 0 aromatic heterocycles. The van der Waals surface area contributed by atoms with E-state index in [2.05, 4.69) is 168 Å². The number of allylic oxidation sites excluding steroid dienone is 1. The third kappa shape index (κ3) is 5.94. The molecule has 0 saturated heterocycles. The molecule has 1 fully saturated rings. The van der Waals surface area contributed by atoms with E-state index < -0.39 is 0 Å². The normalized spacial score (nSPS) is 21.1. The van der Waals surface area contributed by atoms with Crippen LogP contribution in [0.1, 0.15) is 63.4 Å². The molecule has 2 heteroatoms. The topological polar surface area (TPSA) is 6.48 Å². The quantitative estimate of drug-likeness (QED) is 0.166. The van der Waals surface area contributed by atoms with Gasteiger partial charge in [-0.05, 0) is 133 Å². The second-order valence-electron chi connectivity index (χ2n) is 13.9. The van der Waals surface area contributed by atoms with Crippen molar-refractivity contribution in [3.05, 3.63) is 157 Å². The lowest BCUT2D eigenvalue weighted by Gasteiger charge is -2.51. The lowest BCUT2D eigenvalue weighted by atomic mass is 9.73. The van der Waals surface area contributed by atoms with E-state index in [1.807, 2.05) is 0 Å². The zero-order valence-corrected chi connectivity index (χ0v) is 27.4. The van der Waals surface area contributed by atoms with Gasteiger partial charge >= 0.3 is 0 Å². The molecule has 6 aromatic rings. The number of para-hydroxylation sites is 1. The van der Waals surface area contributed by atoms with Crippen LogP contribution >= 0.6 is 0 Å². The van der Waals surface area contributed by atoms with E-state index in [1.54, 1.807) is 0 Å². The molecule has 0 radical (unpaired) electrons. The Kier molecular flexibility index (Phi) is 8.03. The van der Waals surface area contributed by atoms with Gasteiger partial charge in [0.05, 0.1) is 0 Å². The molecular formula is C45H44N2. The maximum atomic E-state index is 2.84. The summed E-state index contributed by atoms with van der Waals surface area (Å²) in [6.07, 6.45) is 13.2. The first-order valence-corrected chi connectivity index (χ1v) is 17.5. The molecule has 1 atom stereocenters. The predicted molar refractivity (Wildman–Crippen MR) is 201 cm³/mol. The molecule has 0 bridgehead atoms. The minimum absolute atomic E-state index is 0.148. The van der Waals surface area contributed by atoms with Crippen LogP contribution in [0.4, 0.5) is 22.7 Å². The zero-order chi connectivity index (χ0) is 31.6. The van der Waals surface area contributed by atoms with Crippen LogP contribution in [0, 0.1) is 0 Å². The highest BCUT2D eigenvalue weighted by atomic mass is 15.2. The fraction of sp³-hybridized carbons (Fsp3) is 0.244. The maximum Gasteiger partial charge on any atom is 0.0468 e. The third-order valence-corrected chi connectivity index (χ3v) is 10.9. The zero-order valence-electron chi connectivity index (χ0n) is 27.4. The van der Waals surface area contributed by atoms with Gasteiger partial charge < -0.3 is 9.80 Å². The number of rotatable bonds is 7. The first kappa shape index (κ1) is 29.6. The van der Waals surface area contributed by atoms with Crippen molar-refractivity contribution in [3.63, 3.8) is 0 Å². The highest BCUT2D eigenvalue weighted by molar-refractivity contribution is 5.89. The molecule has 2 nitrogen and oxygen atoms in total. The molecule has 0 spiro atoms. The largest absolute Gasteiger partial charge is 0.363 e. The predicted octanol–water partition coefficient (Wildman–Crippen LogP) is 12.5. The number of hydrogen-bond donors (Lipinski definition) is 0. The summed E-state index contributed by atoms with van der Waals surface area (Å²) >= 11 is 0. The molecule has 234 valence electrons. The Morgan fingerprint density at radius 1 is 0.511 bits per heavy atom. The van der Waals surface area contributed by atoms with E-state index in [-0.39, 0.29) is 5.54 Å². The standard InChI is InChI=1S/C45H44N2/c1-45(47(42-18-6-3-7-19-42)44-27-23-35-13-9-11-15-39(35)33-44)30-28-37(29-31-45)36-20-24-41(25-21-36)46(40-16-4-2-5-17-40)43-26-22-34-12-8-10-14-38(34)32-43/h2-6,8-17,20-27,32-33,37,42H,7,18-19,28-31H2,1H3. The summed E-state index contributed by atoms with van der Waals surface area (Å²) in [4.78, 5) is 5.22. The van der Waals surface area contributed by atoms with Crippen LogP contribution in [-0.4, -0.2) is 11.6 Å². The summed E-state index contributed by atoms with van der Waals surface area (Å²) < 4.78 is 0. The molecule has 2 aliphatic carbocycles. The summed E-state index contributed by atoms with van der Waals surface area (Å²) in [5.74, 6) is 0.590. The van der Waals surface area contributed by atoms with E-state index in [0.29, 0.717) is 12.0 Å². The van der Waals surface area contributed by atoms with Crippen LogP contribution in [0.2, 0.25) is 0 Å². The second kappa shape index (κ2) is 12.8. The van der Waals surface area contributed by atoms with Gasteiger partial charge in [0, 0.05) is 34.3 Å². The van der Waals surface area contributed by atoms with Gasteiger partial charge in [-0.1, -0.05) is 103 Å². The maximum absolute atomic E-state index is 2.84. The Hall–Kier alpha value is -4.82. The van der Waals surface area contributed by atoms with Gasteiger partial charge in [-0.15, -0.1) is 0 Å².